The van der Waals surface area contributed by atoms with Gasteiger partial charge >= 0.3 is 5.97 Å². The van der Waals surface area contributed by atoms with Crippen LogP contribution < -0.4 is 0 Å². The third kappa shape index (κ3) is 6.72. The van der Waals surface area contributed by atoms with Crippen molar-refractivity contribution < 1.29 is 23.5 Å². The standard InChI is InChI=1S/C20H18FNO3.C9H19NO/c1-22-11-16(13-4-7-17-14(10-13)8-9-25-17)18(20(23)24)19(22)12-2-5-15(21)6-3-12;1-3-5-7-10(9-11)8-6-4-2/h2-10,16,18-19H,11H2,1H3,(H,23,24);9H,3-8H2,1-2H3. The number of nitrogens with zero attached hydrogens (tertiary/aromatic N) is 2. The van der Waals surface area contributed by atoms with E-state index in [1.54, 1.807) is 18.4 Å². The lowest BCUT2D eigenvalue weighted by Gasteiger charge is -2.24. The molecule has 1 aliphatic heterocycles. The summed E-state index contributed by atoms with van der Waals surface area (Å²) in [6.45, 7) is 6.77. The van der Waals surface area contributed by atoms with E-state index in [2.05, 4.69) is 13.8 Å². The summed E-state index contributed by atoms with van der Waals surface area (Å²) in [7, 11) is 1.92. The Balaban J connectivity index is 0.000000280. The van der Waals surface area contributed by atoms with Gasteiger partial charge in [-0.25, -0.2) is 4.39 Å². The number of carboxylic acids is 1. The number of furan rings is 1. The molecule has 7 heteroatoms. The number of carboxylic acid groups (broad SMARTS) is 1. The van der Waals surface area contributed by atoms with Gasteiger partial charge in [-0.1, -0.05) is 44.9 Å². The smallest absolute Gasteiger partial charge is 0.309 e. The molecule has 3 atom stereocenters. The molecule has 2 aromatic carbocycles. The Hall–Kier alpha value is -3.19. The Labute approximate surface area is 212 Å². The molecule has 0 saturated carbocycles. The minimum atomic E-state index is -0.837. The number of carbonyl (C=O) groups excluding carboxylic acids is 1. The molecule has 1 aromatic heterocycles. The fraction of sp³-hybridized carbons (Fsp3) is 0.448. The Morgan fingerprint density at radius 3 is 2.31 bits per heavy atom. The highest BCUT2D eigenvalue weighted by atomic mass is 19.1. The highest BCUT2D eigenvalue weighted by molar-refractivity contribution is 5.79. The van der Waals surface area contributed by atoms with Gasteiger partial charge < -0.3 is 14.4 Å². The van der Waals surface area contributed by atoms with E-state index in [0.717, 1.165) is 67.3 Å². The predicted octanol–water partition coefficient (Wildman–Crippen LogP) is 6.09. The van der Waals surface area contributed by atoms with Crippen LogP contribution in [0.2, 0.25) is 0 Å². The first-order chi connectivity index (χ1) is 17.4. The lowest BCUT2D eigenvalue weighted by Crippen LogP contribution is -2.26. The van der Waals surface area contributed by atoms with E-state index in [-0.39, 0.29) is 17.8 Å². The second kappa shape index (κ2) is 13.2. The van der Waals surface area contributed by atoms with Crippen LogP contribution in [0.15, 0.2) is 59.2 Å². The van der Waals surface area contributed by atoms with E-state index in [9.17, 15) is 19.1 Å². The summed E-state index contributed by atoms with van der Waals surface area (Å²) >= 11 is 0. The van der Waals surface area contributed by atoms with Crippen LogP contribution in [0.3, 0.4) is 0 Å². The first-order valence-electron chi connectivity index (χ1n) is 12.7. The highest BCUT2D eigenvalue weighted by Gasteiger charge is 2.45. The minimum absolute atomic E-state index is 0.142. The zero-order valence-corrected chi connectivity index (χ0v) is 21.4. The van der Waals surface area contributed by atoms with Crippen LogP contribution in [0.4, 0.5) is 4.39 Å². The molecule has 1 saturated heterocycles. The fourth-order valence-corrected chi connectivity index (χ4v) is 4.93. The number of aliphatic carboxylic acids is 1. The van der Waals surface area contributed by atoms with E-state index < -0.39 is 11.9 Å². The molecule has 6 nitrogen and oxygen atoms in total. The molecule has 3 aromatic rings. The molecule has 0 spiro atoms. The molecule has 3 unspecified atom stereocenters. The van der Waals surface area contributed by atoms with E-state index in [1.165, 1.54) is 12.1 Å². The third-order valence-corrected chi connectivity index (χ3v) is 6.88. The number of amides is 1. The van der Waals surface area contributed by atoms with Crippen LogP contribution >= 0.6 is 0 Å². The molecular formula is C29H37FN2O4. The van der Waals surface area contributed by atoms with Gasteiger partial charge in [0.05, 0.1) is 12.2 Å². The van der Waals surface area contributed by atoms with Gasteiger partial charge in [-0.3, -0.25) is 14.5 Å². The van der Waals surface area contributed by atoms with Crippen LogP contribution in [0, 0.1) is 11.7 Å². The lowest BCUT2D eigenvalue weighted by molar-refractivity contribution is -0.143. The van der Waals surface area contributed by atoms with Gasteiger partial charge in [0.25, 0.3) is 0 Å². The second-order valence-electron chi connectivity index (χ2n) is 9.47. The number of carbonyl (C=O) groups is 2. The predicted molar refractivity (Wildman–Crippen MR) is 139 cm³/mol. The Bertz CT molecular complexity index is 1110. The molecule has 0 radical (unpaired) electrons. The van der Waals surface area contributed by atoms with Gasteiger partial charge in [0.2, 0.25) is 6.41 Å². The van der Waals surface area contributed by atoms with Crippen LogP contribution in [0.25, 0.3) is 11.0 Å². The number of unbranched alkanes of at least 4 members (excludes halogenated alkanes) is 2. The van der Waals surface area contributed by atoms with Crippen molar-refractivity contribution in [2.45, 2.75) is 51.5 Å². The summed E-state index contributed by atoms with van der Waals surface area (Å²) < 4.78 is 18.6. The Kier molecular flexibility index (Phi) is 10.1. The van der Waals surface area contributed by atoms with Crippen molar-refractivity contribution in [1.82, 2.24) is 9.80 Å². The minimum Gasteiger partial charge on any atom is -0.481 e. The molecule has 0 bridgehead atoms. The number of halogens is 1. The molecule has 1 aliphatic rings. The van der Waals surface area contributed by atoms with Gasteiger partial charge in [-0.2, -0.15) is 0 Å². The van der Waals surface area contributed by atoms with E-state index in [1.807, 2.05) is 41.1 Å². The van der Waals surface area contributed by atoms with Crippen LogP contribution in [0.1, 0.15) is 62.6 Å². The summed E-state index contributed by atoms with van der Waals surface area (Å²) in [5.74, 6) is -1.90. The van der Waals surface area contributed by atoms with Crippen molar-refractivity contribution in [3.63, 3.8) is 0 Å². The topological polar surface area (TPSA) is 74.0 Å². The van der Waals surface area contributed by atoms with Crippen LogP contribution in [0.5, 0.6) is 0 Å². The van der Waals surface area contributed by atoms with Gasteiger partial charge in [0.1, 0.15) is 11.4 Å². The summed E-state index contributed by atoms with van der Waals surface area (Å²) in [4.78, 5) is 26.4. The summed E-state index contributed by atoms with van der Waals surface area (Å²) in [5.41, 5.74) is 2.60. The van der Waals surface area contributed by atoms with Crippen molar-refractivity contribution in [1.29, 1.82) is 0 Å². The van der Waals surface area contributed by atoms with Crippen molar-refractivity contribution >= 4 is 23.3 Å². The number of rotatable bonds is 10. The maximum atomic E-state index is 13.2. The normalized spacial score (nSPS) is 19.6. The average Bonchev–Trinajstić information content (AvgIpc) is 3.49. The molecule has 1 amide bonds. The maximum absolute atomic E-state index is 13.2. The molecule has 1 fully saturated rings. The van der Waals surface area contributed by atoms with Crippen molar-refractivity contribution in [3.05, 3.63) is 71.7 Å². The van der Waals surface area contributed by atoms with Gasteiger partial charge in [-0.05, 0) is 61.3 Å². The summed E-state index contributed by atoms with van der Waals surface area (Å²) in [5, 5.41) is 10.9. The number of hydrogen-bond donors (Lipinski definition) is 1. The first-order valence-corrected chi connectivity index (χ1v) is 12.7. The van der Waals surface area contributed by atoms with Gasteiger partial charge in [0, 0.05) is 37.0 Å². The Morgan fingerprint density at radius 1 is 1.08 bits per heavy atom. The molecule has 194 valence electrons. The zero-order valence-electron chi connectivity index (χ0n) is 21.4. The fourth-order valence-electron chi connectivity index (χ4n) is 4.93. The summed E-state index contributed by atoms with van der Waals surface area (Å²) in [6.07, 6.45) is 7.17. The molecule has 4 rings (SSSR count). The number of likely N-dealkylation sites (N-methyl/N-ethyl adjacent to an activating group) is 1. The van der Waals surface area contributed by atoms with Crippen molar-refractivity contribution in [3.8, 4) is 0 Å². The molecular weight excluding hydrogens is 459 g/mol. The first kappa shape index (κ1) is 27.4. The largest absolute Gasteiger partial charge is 0.481 e. The number of likely N-dealkylation sites (tertiary alicyclic amines) is 1. The van der Waals surface area contributed by atoms with Gasteiger partial charge in [-0.15, -0.1) is 0 Å². The molecule has 1 N–H and O–H groups in total. The summed E-state index contributed by atoms with van der Waals surface area (Å²) in [6, 6.07) is 13.5. The van der Waals surface area contributed by atoms with Gasteiger partial charge in [0.15, 0.2) is 0 Å². The SMILES string of the molecule is CCCCN(C=O)CCCC.CN1CC(c2ccc3occc3c2)C(C(=O)O)C1c1ccc(F)cc1. The quantitative estimate of drug-likeness (QED) is 0.344. The van der Waals surface area contributed by atoms with E-state index in [0.29, 0.717) is 6.54 Å². The number of benzene rings is 2. The second-order valence-corrected chi connectivity index (χ2v) is 9.47. The molecule has 36 heavy (non-hydrogen) atoms. The number of hydrogen-bond acceptors (Lipinski definition) is 4. The Morgan fingerprint density at radius 2 is 1.72 bits per heavy atom. The molecule has 2 heterocycles. The third-order valence-electron chi connectivity index (χ3n) is 6.88. The monoisotopic (exact) mass is 496 g/mol. The number of fused-ring (bicyclic) bond motifs is 1. The maximum Gasteiger partial charge on any atom is 0.309 e. The van der Waals surface area contributed by atoms with Crippen molar-refractivity contribution in [2.24, 2.45) is 5.92 Å². The zero-order chi connectivity index (χ0) is 26.1. The van der Waals surface area contributed by atoms with E-state index in [4.69, 9.17) is 4.42 Å². The van der Waals surface area contributed by atoms with Crippen LogP contribution in [-0.4, -0.2) is 54.0 Å². The van der Waals surface area contributed by atoms with Crippen molar-refractivity contribution in [2.75, 3.05) is 26.7 Å². The van der Waals surface area contributed by atoms with E-state index >= 15 is 0 Å². The van der Waals surface area contributed by atoms with Crippen LogP contribution in [-0.2, 0) is 9.59 Å². The molecule has 0 aliphatic carbocycles. The average molecular weight is 497 g/mol. The highest BCUT2D eigenvalue weighted by Crippen LogP contribution is 2.45. The lowest BCUT2D eigenvalue weighted by atomic mass is 9.82.